The van der Waals surface area contributed by atoms with E-state index in [0.717, 1.165) is 19.3 Å². The molecule has 6 heteroatoms. The summed E-state index contributed by atoms with van der Waals surface area (Å²) in [6.45, 7) is 2.20. The third kappa shape index (κ3) is 4.86. The maximum Gasteiger partial charge on any atom is 0.224 e. The van der Waals surface area contributed by atoms with Gasteiger partial charge in [0.25, 0.3) is 0 Å². The van der Waals surface area contributed by atoms with Gasteiger partial charge in [-0.2, -0.15) is 0 Å². The first kappa shape index (κ1) is 17.7. The van der Waals surface area contributed by atoms with Crippen molar-refractivity contribution >= 4 is 24.0 Å². The normalized spacial score (nSPS) is 20.7. The third-order valence-corrected chi connectivity index (χ3v) is 3.68. The van der Waals surface area contributed by atoms with Crippen LogP contribution in [0.3, 0.4) is 0 Å². The summed E-state index contributed by atoms with van der Waals surface area (Å²) in [4.78, 5) is 11.9. The second-order valence-electron chi connectivity index (χ2n) is 5.19. The largest absolute Gasteiger partial charge is 0.491 e. The molecule has 1 aliphatic carbocycles. The molecule has 1 aliphatic rings. The monoisotopic (exact) mass is 316 g/mol. The Kier molecular flexibility index (Phi) is 6.92. The SMILES string of the molecule is CCOc1ccc(NC(=O)C[C@@H]2CCC[C@H]2N)cc1F.Cl. The van der Waals surface area contributed by atoms with E-state index in [2.05, 4.69) is 5.32 Å². The first-order chi connectivity index (χ1) is 9.60. The van der Waals surface area contributed by atoms with Crippen molar-refractivity contribution in [2.24, 2.45) is 11.7 Å². The average molecular weight is 317 g/mol. The highest BCUT2D eigenvalue weighted by molar-refractivity contribution is 5.91. The van der Waals surface area contributed by atoms with Gasteiger partial charge in [0.2, 0.25) is 5.91 Å². The van der Waals surface area contributed by atoms with Crippen molar-refractivity contribution in [1.29, 1.82) is 0 Å². The van der Waals surface area contributed by atoms with E-state index in [9.17, 15) is 9.18 Å². The van der Waals surface area contributed by atoms with E-state index in [4.69, 9.17) is 10.5 Å². The number of rotatable bonds is 5. The van der Waals surface area contributed by atoms with E-state index < -0.39 is 5.82 Å². The zero-order chi connectivity index (χ0) is 14.5. The summed E-state index contributed by atoms with van der Waals surface area (Å²) in [5.74, 6) is -0.149. The lowest BCUT2D eigenvalue weighted by Crippen LogP contribution is -2.28. The summed E-state index contributed by atoms with van der Waals surface area (Å²) in [5, 5.41) is 2.71. The van der Waals surface area contributed by atoms with Crippen LogP contribution in [-0.4, -0.2) is 18.6 Å². The predicted molar refractivity (Wildman–Crippen MR) is 83.4 cm³/mol. The Bertz CT molecular complexity index is 485. The fourth-order valence-electron chi connectivity index (χ4n) is 2.62. The summed E-state index contributed by atoms with van der Waals surface area (Å²) >= 11 is 0. The van der Waals surface area contributed by atoms with Gasteiger partial charge in [0.1, 0.15) is 0 Å². The van der Waals surface area contributed by atoms with Crippen molar-refractivity contribution in [3.63, 3.8) is 0 Å². The van der Waals surface area contributed by atoms with Crippen molar-refractivity contribution in [1.82, 2.24) is 0 Å². The molecule has 0 radical (unpaired) electrons. The van der Waals surface area contributed by atoms with Gasteiger partial charge in [0, 0.05) is 24.2 Å². The van der Waals surface area contributed by atoms with E-state index in [-0.39, 0.29) is 36.0 Å². The Hall–Kier alpha value is -1.33. The Labute approximate surface area is 130 Å². The minimum atomic E-state index is -0.470. The Balaban J connectivity index is 0.00000220. The maximum atomic E-state index is 13.7. The molecule has 1 aromatic rings. The van der Waals surface area contributed by atoms with Crippen LogP contribution in [0.5, 0.6) is 5.75 Å². The molecule has 0 aliphatic heterocycles. The van der Waals surface area contributed by atoms with Gasteiger partial charge in [-0.25, -0.2) is 4.39 Å². The smallest absolute Gasteiger partial charge is 0.224 e. The van der Waals surface area contributed by atoms with Gasteiger partial charge in [-0.15, -0.1) is 12.4 Å². The molecule has 2 rings (SSSR count). The highest BCUT2D eigenvalue weighted by Gasteiger charge is 2.26. The van der Waals surface area contributed by atoms with Crippen LogP contribution in [0, 0.1) is 11.7 Å². The molecule has 0 aromatic heterocycles. The number of hydrogen-bond donors (Lipinski definition) is 2. The molecule has 1 amide bonds. The fourth-order valence-corrected chi connectivity index (χ4v) is 2.62. The van der Waals surface area contributed by atoms with Crippen LogP contribution in [0.25, 0.3) is 0 Å². The first-order valence-corrected chi connectivity index (χ1v) is 7.08. The van der Waals surface area contributed by atoms with E-state index >= 15 is 0 Å². The highest BCUT2D eigenvalue weighted by Crippen LogP contribution is 2.27. The number of carbonyl (C=O) groups is 1. The average Bonchev–Trinajstić information content (AvgIpc) is 2.78. The summed E-state index contributed by atoms with van der Waals surface area (Å²) in [5.41, 5.74) is 6.39. The predicted octanol–water partition coefficient (Wildman–Crippen LogP) is 3.10. The summed E-state index contributed by atoms with van der Waals surface area (Å²) in [7, 11) is 0. The maximum absolute atomic E-state index is 13.7. The lowest BCUT2D eigenvalue weighted by Gasteiger charge is -2.15. The number of nitrogens with one attached hydrogen (secondary N) is 1. The molecule has 118 valence electrons. The minimum absolute atomic E-state index is 0. The van der Waals surface area contributed by atoms with Crippen LogP contribution in [0.15, 0.2) is 18.2 Å². The van der Waals surface area contributed by atoms with Crippen molar-refractivity contribution in [2.45, 2.75) is 38.6 Å². The third-order valence-electron chi connectivity index (χ3n) is 3.68. The van der Waals surface area contributed by atoms with E-state index in [1.165, 1.54) is 12.1 Å². The number of ether oxygens (including phenoxy) is 1. The lowest BCUT2D eigenvalue weighted by molar-refractivity contribution is -0.117. The summed E-state index contributed by atoms with van der Waals surface area (Å²) < 4.78 is 18.8. The Morgan fingerprint density at radius 2 is 2.24 bits per heavy atom. The number of benzene rings is 1. The Morgan fingerprint density at radius 1 is 1.48 bits per heavy atom. The summed E-state index contributed by atoms with van der Waals surface area (Å²) in [6.07, 6.45) is 3.45. The Morgan fingerprint density at radius 3 is 2.81 bits per heavy atom. The van der Waals surface area contributed by atoms with Gasteiger partial charge < -0.3 is 15.8 Å². The van der Waals surface area contributed by atoms with Crippen LogP contribution in [0.2, 0.25) is 0 Å². The van der Waals surface area contributed by atoms with Gasteiger partial charge in [-0.3, -0.25) is 4.79 Å². The second-order valence-corrected chi connectivity index (χ2v) is 5.19. The van der Waals surface area contributed by atoms with Crippen molar-refractivity contribution in [2.75, 3.05) is 11.9 Å². The molecule has 1 aromatic carbocycles. The number of hydrogen-bond acceptors (Lipinski definition) is 3. The topological polar surface area (TPSA) is 64.3 Å². The molecular weight excluding hydrogens is 295 g/mol. The fraction of sp³-hybridized carbons (Fsp3) is 0.533. The second kappa shape index (κ2) is 8.20. The van der Waals surface area contributed by atoms with E-state index in [1.54, 1.807) is 13.0 Å². The van der Waals surface area contributed by atoms with Crippen molar-refractivity contribution < 1.29 is 13.9 Å². The molecule has 21 heavy (non-hydrogen) atoms. The molecule has 0 unspecified atom stereocenters. The molecule has 0 heterocycles. The molecule has 1 saturated carbocycles. The standard InChI is InChI=1S/C15H21FN2O2.ClH/c1-2-20-14-7-6-11(9-12(14)16)18-15(19)8-10-4-3-5-13(10)17;/h6-7,9-10,13H,2-5,8,17H2,1H3,(H,18,19);1H/t10-,13+;/m0./s1. The molecule has 0 saturated heterocycles. The van der Waals surface area contributed by atoms with Gasteiger partial charge in [0.05, 0.1) is 6.61 Å². The molecule has 1 fully saturated rings. The van der Waals surface area contributed by atoms with Crippen LogP contribution in [0.4, 0.5) is 10.1 Å². The first-order valence-electron chi connectivity index (χ1n) is 7.08. The van der Waals surface area contributed by atoms with Gasteiger partial charge >= 0.3 is 0 Å². The molecule has 4 nitrogen and oxygen atoms in total. The van der Waals surface area contributed by atoms with Gasteiger partial charge in [0.15, 0.2) is 11.6 Å². The molecule has 0 bridgehead atoms. The van der Waals surface area contributed by atoms with Crippen molar-refractivity contribution in [3.8, 4) is 5.75 Å². The zero-order valence-corrected chi connectivity index (χ0v) is 12.9. The van der Waals surface area contributed by atoms with Gasteiger partial charge in [-0.1, -0.05) is 6.42 Å². The summed E-state index contributed by atoms with van der Waals surface area (Å²) in [6, 6.07) is 4.55. The van der Waals surface area contributed by atoms with Crippen LogP contribution >= 0.6 is 12.4 Å². The molecule has 3 N–H and O–H groups in total. The van der Waals surface area contributed by atoms with E-state index in [1.807, 2.05) is 0 Å². The number of anilines is 1. The van der Waals surface area contributed by atoms with Crippen LogP contribution in [0.1, 0.15) is 32.6 Å². The number of carbonyl (C=O) groups excluding carboxylic acids is 1. The lowest BCUT2D eigenvalue weighted by atomic mass is 10.00. The number of amides is 1. The van der Waals surface area contributed by atoms with Crippen molar-refractivity contribution in [3.05, 3.63) is 24.0 Å². The number of halogens is 2. The minimum Gasteiger partial charge on any atom is -0.491 e. The zero-order valence-electron chi connectivity index (χ0n) is 12.1. The quantitative estimate of drug-likeness (QED) is 0.877. The molecule has 2 atom stereocenters. The van der Waals surface area contributed by atoms with Crippen LogP contribution in [-0.2, 0) is 4.79 Å². The van der Waals surface area contributed by atoms with Crippen LogP contribution < -0.4 is 15.8 Å². The molecular formula is C15H22ClFN2O2. The highest BCUT2D eigenvalue weighted by atomic mass is 35.5. The number of nitrogens with two attached hydrogens (primary N) is 1. The van der Waals surface area contributed by atoms with E-state index in [0.29, 0.717) is 18.7 Å². The molecule has 0 spiro atoms. The van der Waals surface area contributed by atoms with Gasteiger partial charge in [-0.05, 0) is 37.8 Å².